The number of alkyl halides is 3. The zero-order chi connectivity index (χ0) is 20.4. The smallest absolute Gasteiger partial charge is 0.381 e. The third-order valence-corrected chi connectivity index (χ3v) is 4.88. The van der Waals surface area contributed by atoms with E-state index in [1.165, 1.54) is 0 Å². The van der Waals surface area contributed by atoms with Crippen molar-refractivity contribution in [3.05, 3.63) is 64.4 Å². The fourth-order valence-corrected chi connectivity index (χ4v) is 3.30. The molecule has 2 aromatic rings. The van der Waals surface area contributed by atoms with Crippen LogP contribution in [0, 0.1) is 5.82 Å². The summed E-state index contributed by atoms with van der Waals surface area (Å²) in [6.07, 6.45) is -3.89. The Kier molecular flexibility index (Phi) is 5.81. The average molecular weight is 417 g/mol. The molecule has 0 saturated carbocycles. The van der Waals surface area contributed by atoms with Gasteiger partial charge in [-0.1, -0.05) is 23.7 Å². The van der Waals surface area contributed by atoms with Crippen molar-refractivity contribution in [2.45, 2.75) is 24.6 Å². The van der Waals surface area contributed by atoms with Crippen LogP contribution < -0.4 is 10.6 Å². The predicted octanol–water partition coefficient (Wildman–Crippen LogP) is 5.33. The first-order chi connectivity index (χ1) is 13.2. The minimum atomic E-state index is -4.86. The maximum absolute atomic E-state index is 13.4. The number of hydrogen-bond acceptors (Lipinski definition) is 2. The zero-order valence-electron chi connectivity index (χ0n) is 14.6. The monoisotopic (exact) mass is 416 g/mol. The van der Waals surface area contributed by atoms with Crippen molar-refractivity contribution in [1.29, 1.82) is 0 Å². The lowest BCUT2D eigenvalue weighted by Gasteiger charge is -2.38. The highest BCUT2D eigenvalue weighted by molar-refractivity contribution is 6.30. The van der Waals surface area contributed by atoms with E-state index in [1.807, 2.05) is 0 Å². The Morgan fingerprint density at radius 2 is 1.71 bits per heavy atom. The Morgan fingerprint density at radius 3 is 2.32 bits per heavy atom. The molecule has 1 aliphatic heterocycles. The van der Waals surface area contributed by atoms with Crippen molar-refractivity contribution >= 4 is 23.3 Å². The van der Waals surface area contributed by atoms with Crippen LogP contribution >= 0.6 is 11.6 Å². The highest BCUT2D eigenvalue weighted by Crippen LogP contribution is 2.34. The Bertz CT molecular complexity index is 850. The van der Waals surface area contributed by atoms with E-state index in [-0.39, 0.29) is 5.69 Å². The van der Waals surface area contributed by atoms with Crippen LogP contribution in [0.1, 0.15) is 24.0 Å². The number of hydrogen-bond donors (Lipinski definition) is 2. The van der Waals surface area contributed by atoms with Gasteiger partial charge in [0.2, 0.25) is 0 Å². The van der Waals surface area contributed by atoms with Gasteiger partial charge in [-0.2, -0.15) is 13.2 Å². The van der Waals surface area contributed by atoms with E-state index in [0.717, 1.165) is 11.6 Å². The first kappa shape index (κ1) is 20.4. The quantitative estimate of drug-likeness (QED) is 0.665. The van der Waals surface area contributed by atoms with Crippen molar-refractivity contribution in [3.8, 4) is 0 Å². The normalized spacial score (nSPS) is 16.5. The lowest BCUT2D eigenvalue weighted by Crippen LogP contribution is -2.50. The number of carbonyl (C=O) groups is 1. The summed E-state index contributed by atoms with van der Waals surface area (Å²) in [6, 6.07) is 8.57. The van der Waals surface area contributed by atoms with Gasteiger partial charge in [0.05, 0.1) is 11.1 Å². The molecule has 150 valence electrons. The fraction of sp³-hybridized carbons (Fsp3) is 0.316. The zero-order valence-corrected chi connectivity index (χ0v) is 15.3. The number of halogens is 5. The van der Waals surface area contributed by atoms with Crippen LogP contribution in [0.2, 0.25) is 5.02 Å². The number of rotatable bonds is 3. The second kappa shape index (κ2) is 7.97. The molecule has 0 aliphatic carbocycles. The molecule has 28 heavy (non-hydrogen) atoms. The molecule has 2 amide bonds. The van der Waals surface area contributed by atoms with Crippen LogP contribution in [0.15, 0.2) is 42.5 Å². The van der Waals surface area contributed by atoms with Crippen molar-refractivity contribution in [1.82, 2.24) is 5.32 Å². The maximum Gasteiger partial charge on any atom is 0.419 e. The summed E-state index contributed by atoms with van der Waals surface area (Å²) in [4.78, 5) is 12.5. The van der Waals surface area contributed by atoms with Gasteiger partial charge in [0.25, 0.3) is 0 Å². The van der Waals surface area contributed by atoms with Gasteiger partial charge in [-0.15, -0.1) is 0 Å². The first-order valence-electron chi connectivity index (χ1n) is 8.49. The summed E-state index contributed by atoms with van der Waals surface area (Å²) in [5, 5.41) is 5.74. The highest BCUT2D eigenvalue weighted by atomic mass is 35.5. The Morgan fingerprint density at radius 1 is 1.07 bits per heavy atom. The van der Waals surface area contributed by atoms with E-state index in [9.17, 15) is 22.4 Å². The number of benzene rings is 2. The summed E-state index contributed by atoms with van der Waals surface area (Å²) in [5.74, 6) is -1.40. The molecule has 0 bridgehead atoms. The van der Waals surface area contributed by atoms with Crippen molar-refractivity contribution in [3.63, 3.8) is 0 Å². The number of urea groups is 1. The molecular weight excluding hydrogens is 400 g/mol. The first-order valence-corrected chi connectivity index (χ1v) is 8.87. The molecule has 1 saturated heterocycles. The number of ether oxygens (including phenoxy) is 1. The van der Waals surface area contributed by atoms with E-state index >= 15 is 0 Å². The van der Waals surface area contributed by atoms with Gasteiger partial charge in [-0.05, 0) is 48.7 Å². The van der Waals surface area contributed by atoms with E-state index < -0.39 is 29.1 Å². The van der Waals surface area contributed by atoms with Gasteiger partial charge in [0, 0.05) is 23.9 Å². The molecule has 0 aromatic heterocycles. The number of nitrogens with one attached hydrogen (secondary N) is 2. The molecule has 4 nitrogen and oxygen atoms in total. The molecule has 0 spiro atoms. The number of anilines is 1. The van der Waals surface area contributed by atoms with Gasteiger partial charge < -0.3 is 15.4 Å². The second-order valence-corrected chi connectivity index (χ2v) is 6.91. The molecule has 2 aromatic carbocycles. The topological polar surface area (TPSA) is 50.4 Å². The lowest BCUT2D eigenvalue weighted by molar-refractivity contribution is -0.139. The summed E-state index contributed by atoms with van der Waals surface area (Å²) in [6.45, 7) is 0.829. The van der Waals surface area contributed by atoms with Crippen molar-refractivity contribution in [2.75, 3.05) is 18.5 Å². The SMILES string of the molecule is O=C(Nc1ccc(F)c(C(F)(F)F)c1)NC1(c2ccc(Cl)cc2)CCOCC1. The van der Waals surface area contributed by atoms with Crippen LogP contribution in [0.25, 0.3) is 0 Å². The predicted molar refractivity (Wildman–Crippen MR) is 96.7 cm³/mol. The Labute approximate surface area is 163 Å². The largest absolute Gasteiger partial charge is 0.419 e. The maximum atomic E-state index is 13.4. The minimum absolute atomic E-state index is 0.162. The number of carbonyl (C=O) groups excluding carboxylic acids is 1. The summed E-state index contributed by atoms with van der Waals surface area (Å²) in [7, 11) is 0. The van der Waals surface area contributed by atoms with Gasteiger partial charge in [-0.3, -0.25) is 0 Å². The minimum Gasteiger partial charge on any atom is -0.381 e. The molecular formula is C19H17ClF4N2O2. The van der Waals surface area contributed by atoms with Crippen molar-refractivity contribution < 1.29 is 27.1 Å². The van der Waals surface area contributed by atoms with Gasteiger partial charge in [-0.25, -0.2) is 9.18 Å². The summed E-state index contributed by atoms with van der Waals surface area (Å²) in [5.41, 5.74) is -1.54. The summed E-state index contributed by atoms with van der Waals surface area (Å²) >= 11 is 5.93. The molecule has 0 radical (unpaired) electrons. The summed E-state index contributed by atoms with van der Waals surface area (Å²) < 4.78 is 57.4. The van der Waals surface area contributed by atoms with Gasteiger partial charge in [0.15, 0.2) is 0 Å². The van der Waals surface area contributed by atoms with E-state index in [4.69, 9.17) is 16.3 Å². The molecule has 2 N–H and O–H groups in total. The van der Waals surface area contributed by atoms with Gasteiger partial charge >= 0.3 is 12.2 Å². The molecule has 1 aliphatic rings. The molecule has 1 heterocycles. The van der Waals surface area contributed by atoms with Crippen LogP contribution in [0.3, 0.4) is 0 Å². The van der Waals surface area contributed by atoms with Crippen LogP contribution in [0.4, 0.5) is 28.0 Å². The molecule has 0 atom stereocenters. The second-order valence-electron chi connectivity index (χ2n) is 6.47. The molecule has 9 heteroatoms. The molecule has 0 unspecified atom stereocenters. The lowest BCUT2D eigenvalue weighted by atomic mass is 9.83. The van der Waals surface area contributed by atoms with Crippen LogP contribution in [-0.4, -0.2) is 19.2 Å². The standard InChI is InChI=1S/C19H17ClF4N2O2/c20-13-3-1-12(2-4-13)18(7-9-28-10-8-18)26-17(27)25-14-5-6-16(21)15(11-14)19(22,23)24/h1-6,11H,7-10H2,(H2,25,26,27). The average Bonchev–Trinajstić information content (AvgIpc) is 2.63. The van der Waals surface area contributed by atoms with Crippen molar-refractivity contribution in [2.24, 2.45) is 0 Å². The Balaban J connectivity index is 1.81. The van der Waals surface area contributed by atoms with Gasteiger partial charge in [0.1, 0.15) is 5.82 Å². The van der Waals surface area contributed by atoms with Crippen LogP contribution in [0.5, 0.6) is 0 Å². The van der Waals surface area contributed by atoms with E-state index in [1.54, 1.807) is 24.3 Å². The van der Waals surface area contributed by atoms with E-state index in [2.05, 4.69) is 10.6 Å². The highest BCUT2D eigenvalue weighted by Gasteiger charge is 2.37. The molecule has 1 fully saturated rings. The Hall–Kier alpha value is -2.32. The third-order valence-electron chi connectivity index (χ3n) is 4.63. The fourth-order valence-electron chi connectivity index (χ4n) is 3.17. The number of amides is 2. The van der Waals surface area contributed by atoms with Crippen LogP contribution in [-0.2, 0) is 16.5 Å². The molecule has 3 rings (SSSR count). The van der Waals surface area contributed by atoms with E-state index in [0.29, 0.717) is 43.2 Å². The third kappa shape index (κ3) is 4.56.